The molecule has 47 heavy (non-hydrogen) atoms. The molecule has 0 amide bonds. The Bertz CT molecular complexity index is 723. The van der Waals surface area contributed by atoms with Crippen molar-refractivity contribution in [2.24, 2.45) is 11.1 Å². The molecule has 0 aliphatic rings. The highest BCUT2D eigenvalue weighted by Crippen LogP contribution is 2.37. The fourth-order valence-electron chi connectivity index (χ4n) is 6.58. The summed E-state index contributed by atoms with van der Waals surface area (Å²) in [6.07, 6.45) is 45.1. The number of aliphatic carboxylic acids is 1. The zero-order chi connectivity index (χ0) is 34.7. The number of carbonyl (C=O) groups is 2. The molecule has 0 aliphatic carbocycles. The summed E-state index contributed by atoms with van der Waals surface area (Å²) in [4.78, 5) is 25.4. The second-order valence-corrected chi connectivity index (χ2v) is 14.8. The van der Waals surface area contributed by atoms with Gasteiger partial charge in [-0.3, -0.25) is 9.59 Å². The summed E-state index contributed by atoms with van der Waals surface area (Å²) >= 11 is 4.19. The summed E-state index contributed by atoms with van der Waals surface area (Å²) in [5.41, 5.74) is 4.99. The third kappa shape index (κ3) is 28.5. The minimum atomic E-state index is -0.987. The molecule has 0 unspecified atom stereocenters. The lowest BCUT2D eigenvalue weighted by Crippen LogP contribution is -2.40. The second-order valence-electron chi connectivity index (χ2n) is 14.4. The van der Waals surface area contributed by atoms with E-state index < -0.39 is 17.4 Å². The molecule has 4 nitrogen and oxygen atoms in total. The lowest BCUT2D eigenvalue weighted by molar-refractivity contribution is -0.153. The van der Waals surface area contributed by atoms with Crippen molar-refractivity contribution in [2.75, 3.05) is 5.75 Å². The molecule has 0 saturated heterocycles. The number of rotatable bonds is 37. The van der Waals surface area contributed by atoms with Gasteiger partial charge in [-0.25, -0.2) is 0 Å². The highest BCUT2D eigenvalue weighted by molar-refractivity contribution is 7.80. The van der Waals surface area contributed by atoms with Gasteiger partial charge in [-0.2, -0.15) is 12.6 Å². The van der Waals surface area contributed by atoms with E-state index in [0.717, 1.165) is 38.5 Å². The fourth-order valence-corrected chi connectivity index (χ4v) is 6.78. The van der Waals surface area contributed by atoms with Crippen molar-refractivity contribution in [3.05, 3.63) is 24.3 Å². The number of hydrogen-bond donors (Lipinski definition) is 3. The number of nitrogens with two attached hydrogens (primary N) is 1. The van der Waals surface area contributed by atoms with Crippen LogP contribution in [-0.4, -0.2) is 28.7 Å². The smallest absolute Gasteiger partial charge is 0.310 e. The number of carboxylic acids is 1. The summed E-state index contributed by atoms with van der Waals surface area (Å²) < 4.78 is 0. The van der Waals surface area contributed by atoms with Gasteiger partial charge in [0.15, 0.2) is 5.78 Å². The molecule has 1 atom stereocenters. The Hall–Kier alpha value is -1.07. The number of carbonyl (C=O) groups excluding carboxylic acids is 1. The van der Waals surface area contributed by atoms with E-state index >= 15 is 0 Å². The van der Waals surface area contributed by atoms with Crippen LogP contribution in [0, 0.1) is 5.41 Å². The van der Waals surface area contributed by atoms with E-state index in [1.165, 1.54) is 141 Å². The fraction of sp³-hybridized carbons (Fsp3) is 0.857. The lowest BCUT2D eigenvalue weighted by Gasteiger charge is -2.30. The van der Waals surface area contributed by atoms with Crippen LogP contribution in [0.25, 0.3) is 0 Å². The van der Waals surface area contributed by atoms with Gasteiger partial charge in [0.2, 0.25) is 0 Å². The molecule has 3 N–H and O–H groups in total. The van der Waals surface area contributed by atoms with Crippen molar-refractivity contribution in [1.29, 1.82) is 0 Å². The third-order valence-electron chi connectivity index (χ3n) is 9.91. The number of carboxylic acid groups (broad SMARTS) is 1. The van der Waals surface area contributed by atoms with Crippen molar-refractivity contribution in [2.45, 2.75) is 219 Å². The maximum atomic E-state index is 12.8. The third-order valence-corrected chi connectivity index (χ3v) is 10.3. The van der Waals surface area contributed by atoms with E-state index in [4.69, 9.17) is 5.73 Å². The molecule has 0 aromatic rings. The van der Waals surface area contributed by atoms with Crippen LogP contribution in [-0.2, 0) is 9.59 Å². The van der Waals surface area contributed by atoms with E-state index in [1.807, 2.05) is 0 Å². The highest BCUT2D eigenvalue weighted by atomic mass is 32.1. The van der Waals surface area contributed by atoms with Crippen LogP contribution < -0.4 is 5.73 Å². The summed E-state index contributed by atoms with van der Waals surface area (Å²) in [5.74, 6) is -0.717. The Balaban J connectivity index is 4.27. The Kier molecular flexibility index (Phi) is 34.0. The summed E-state index contributed by atoms with van der Waals surface area (Å²) in [6.45, 7) is 4.53. The maximum absolute atomic E-state index is 12.8. The molecule has 276 valence electrons. The van der Waals surface area contributed by atoms with Gasteiger partial charge in [-0.15, -0.1) is 0 Å². The number of hydrogen-bond acceptors (Lipinski definition) is 4. The van der Waals surface area contributed by atoms with Gasteiger partial charge in [-0.1, -0.05) is 167 Å². The zero-order valence-corrected chi connectivity index (χ0v) is 32.2. The standard InChI is InChI=1S/C42H79NO3S/c1-3-5-7-9-11-13-15-17-19-21-23-25-27-29-31-33-35-42(41(45)46,37-40(44)39(43)38-47)36-34-32-30-28-26-24-22-20-18-16-14-12-10-8-6-4-2/h17-20,39,47H,3-16,21-38,43H2,1-2H3,(H,45,46)/b19-17-,20-18-/t39-/m0/s1. The predicted molar refractivity (Wildman–Crippen MR) is 210 cm³/mol. The van der Waals surface area contributed by atoms with Crippen molar-refractivity contribution in [1.82, 2.24) is 0 Å². The summed E-state index contributed by atoms with van der Waals surface area (Å²) in [7, 11) is 0. The first-order valence-corrected chi connectivity index (χ1v) is 21.0. The molecule has 0 spiro atoms. The van der Waals surface area contributed by atoms with Crippen LogP contribution in [0.15, 0.2) is 24.3 Å². The van der Waals surface area contributed by atoms with Crippen molar-refractivity contribution < 1.29 is 14.7 Å². The van der Waals surface area contributed by atoms with Crippen LogP contribution in [0.4, 0.5) is 0 Å². The Morgan fingerprint density at radius 1 is 0.553 bits per heavy atom. The first-order chi connectivity index (χ1) is 22.9. The van der Waals surface area contributed by atoms with Crippen molar-refractivity contribution >= 4 is 24.4 Å². The Labute approximate surface area is 298 Å². The first-order valence-electron chi connectivity index (χ1n) is 20.4. The number of Topliss-reactive ketones (excluding diaryl/α,β-unsaturated/α-hetero) is 1. The molecule has 0 radical (unpaired) electrons. The predicted octanol–water partition coefficient (Wildman–Crippen LogP) is 13.1. The average Bonchev–Trinajstić information content (AvgIpc) is 3.07. The van der Waals surface area contributed by atoms with Gasteiger partial charge in [0, 0.05) is 12.2 Å². The normalized spacial score (nSPS) is 12.9. The highest BCUT2D eigenvalue weighted by Gasteiger charge is 2.40. The number of thiol groups is 1. The monoisotopic (exact) mass is 678 g/mol. The molecule has 0 aromatic carbocycles. The van der Waals surface area contributed by atoms with Gasteiger partial charge >= 0.3 is 5.97 Å². The van der Waals surface area contributed by atoms with E-state index in [1.54, 1.807) is 0 Å². The van der Waals surface area contributed by atoms with Gasteiger partial charge in [-0.05, 0) is 64.2 Å². The van der Waals surface area contributed by atoms with Gasteiger partial charge in [0.1, 0.15) is 0 Å². The molecule has 0 aliphatic heterocycles. The molecular weight excluding hydrogens is 599 g/mol. The first kappa shape index (κ1) is 45.9. The SMILES string of the molecule is CCCCCCCC/C=C\CCCCCCCCC(CCCCCCCC/C=C\CCCCCCCC)(CC(=O)[C@@H](N)CS)C(=O)O. The molecule has 0 aromatic heterocycles. The van der Waals surface area contributed by atoms with Crippen molar-refractivity contribution in [3.8, 4) is 0 Å². The zero-order valence-electron chi connectivity index (χ0n) is 31.3. The lowest BCUT2D eigenvalue weighted by atomic mass is 9.73. The molecule has 0 bridgehead atoms. The van der Waals surface area contributed by atoms with Crippen LogP contribution >= 0.6 is 12.6 Å². The Morgan fingerprint density at radius 3 is 1.15 bits per heavy atom. The number of ketones is 1. The van der Waals surface area contributed by atoms with E-state index in [-0.39, 0.29) is 18.0 Å². The van der Waals surface area contributed by atoms with E-state index in [0.29, 0.717) is 12.8 Å². The Morgan fingerprint density at radius 2 is 0.851 bits per heavy atom. The minimum absolute atomic E-state index is 0.0419. The topological polar surface area (TPSA) is 80.4 Å². The molecular formula is C42H79NO3S. The molecule has 0 heterocycles. The molecule has 5 heteroatoms. The number of unbranched alkanes of at least 4 members (excludes halogenated alkanes) is 24. The van der Waals surface area contributed by atoms with E-state index in [2.05, 4.69) is 50.8 Å². The second kappa shape index (κ2) is 34.8. The average molecular weight is 678 g/mol. The minimum Gasteiger partial charge on any atom is -0.481 e. The van der Waals surface area contributed by atoms with Crippen LogP contribution in [0.5, 0.6) is 0 Å². The van der Waals surface area contributed by atoms with Gasteiger partial charge in [0.05, 0.1) is 11.5 Å². The maximum Gasteiger partial charge on any atom is 0.310 e. The quantitative estimate of drug-likeness (QED) is 0.0347. The van der Waals surface area contributed by atoms with Gasteiger partial charge < -0.3 is 10.8 Å². The summed E-state index contributed by atoms with van der Waals surface area (Å²) in [5, 5.41) is 10.4. The van der Waals surface area contributed by atoms with Crippen LogP contribution in [0.1, 0.15) is 213 Å². The van der Waals surface area contributed by atoms with Crippen molar-refractivity contribution in [3.63, 3.8) is 0 Å². The van der Waals surface area contributed by atoms with Gasteiger partial charge in [0.25, 0.3) is 0 Å². The molecule has 0 saturated carbocycles. The summed E-state index contributed by atoms with van der Waals surface area (Å²) in [6, 6.07) is -0.684. The largest absolute Gasteiger partial charge is 0.481 e. The van der Waals surface area contributed by atoms with Crippen LogP contribution in [0.2, 0.25) is 0 Å². The number of allylic oxidation sites excluding steroid dienone is 4. The van der Waals surface area contributed by atoms with Crippen LogP contribution in [0.3, 0.4) is 0 Å². The molecule has 0 fully saturated rings. The van der Waals surface area contributed by atoms with E-state index in [9.17, 15) is 14.7 Å². The molecule has 0 rings (SSSR count).